The maximum atomic E-state index is 12.3. The monoisotopic (exact) mass is 352 g/mol. The number of anilines is 1. The van der Waals surface area contributed by atoms with Crippen LogP contribution in [0.3, 0.4) is 0 Å². The van der Waals surface area contributed by atoms with Crippen molar-refractivity contribution in [1.29, 1.82) is 0 Å². The molecule has 3 rings (SSSR count). The molecular weight excluding hydrogens is 332 g/mol. The Morgan fingerprint density at radius 3 is 2.69 bits per heavy atom. The average molecular weight is 352 g/mol. The fraction of sp³-hybridized carbons (Fsp3) is 0.222. The number of rotatable bonds is 6. The Morgan fingerprint density at radius 2 is 2.00 bits per heavy atom. The molecule has 3 N–H and O–H groups in total. The summed E-state index contributed by atoms with van der Waals surface area (Å²) in [6, 6.07) is 9.76. The molecule has 2 aromatic heterocycles. The van der Waals surface area contributed by atoms with Gasteiger partial charge in [0.1, 0.15) is 12.2 Å². The topological polar surface area (TPSA) is 105 Å². The van der Waals surface area contributed by atoms with E-state index in [0.29, 0.717) is 17.1 Å². The summed E-state index contributed by atoms with van der Waals surface area (Å²) in [7, 11) is 1.56. The van der Waals surface area contributed by atoms with E-state index in [1.807, 2.05) is 24.3 Å². The molecule has 0 radical (unpaired) electrons. The highest BCUT2D eigenvalue weighted by atomic mass is 16.2. The minimum Gasteiger partial charge on any atom is -0.358 e. The molecular formula is C18H20N6O2. The number of nitrogens with zero attached hydrogens (tertiary/aromatic N) is 3. The van der Waals surface area contributed by atoms with Crippen molar-refractivity contribution < 1.29 is 9.59 Å². The van der Waals surface area contributed by atoms with Crippen LogP contribution < -0.4 is 10.6 Å². The molecule has 0 aliphatic rings. The third-order valence-corrected chi connectivity index (χ3v) is 3.96. The number of aryl methyl sites for hydroxylation is 1. The van der Waals surface area contributed by atoms with Gasteiger partial charge in [0.25, 0.3) is 5.91 Å². The molecule has 1 aromatic carbocycles. The van der Waals surface area contributed by atoms with Crippen LogP contribution in [0.1, 0.15) is 23.0 Å². The molecule has 0 atom stereocenters. The van der Waals surface area contributed by atoms with Gasteiger partial charge >= 0.3 is 0 Å². The van der Waals surface area contributed by atoms with E-state index < -0.39 is 0 Å². The smallest absolute Gasteiger partial charge is 0.273 e. The SMILES string of the molecule is CCc1ccc(-c2cc(C(=O)Nc3cnn(CC(=O)NC)c3)[nH]n2)cc1. The lowest BCUT2D eigenvalue weighted by Crippen LogP contribution is -2.23. The van der Waals surface area contributed by atoms with Crippen LogP contribution >= 0.6 is 0 Å². The van der Waals surface area contributed by atoms with E-state index in [-0.39, 0.29) is 18.4 Å². The van der Waals surface area contributed by atoms with Crippen molar-refractivity contribution >= 4 is 17.5 Å². The molecule has 0 bridgehead atoms. The van der Waals surface area contributed by atoms with Crippen LogP contribution in [0.2, 0.25) is 0 Å². The van der Waals surface area contributed by atoms with Crippen molar-refractivity contribution in [3.05, 3.63) is 54.0 Å². The molecule has 0 fully saturated rings. The Balaban J connectivity index is 1.67. The molecule has 2 amide bonds. The van der Waals surface area contributed by atoms with Crippen molar-refractivity contribution in [2.45, 2.75) is 19.9 Å². The van der Waals surface area contributed by atoms with Gasteiger partial charge in [0, 0.05) is 18.8 Å². The van der Waals surface area contributed by atoms with Crippen LogP contribution in [-0.2, 0) is 17.8 Å². The third-order valence-electron chi connectivity index (χ3n) is 3.96. The second-order valence-corrected chi connectivity index (χ2v) is 5.77. The summed E-state index contributed by atoms with van der Waals surface area (Å²) in [6.45, 7) is 2.19. The number of carbonyl (C=O) groups excluding carboxylic acids is 2. The van der Waals surface area contributed by atoms with E-state index in [0.717, 1.165) is 12.0 Å². The van der Waals surface area contributed by atoms with Crippen molar-refractivity contribution in [2.24, 2.45) is 0 Å². The number of amides is 2. The quantitative estimate of drug-likeness (QED) is 0.629. The zero-order valence-corrected chi connectivity index (χ0v) is 14.6. The van der Waals surface area contributed by atoms with Crippen LogP contribution in [0.4, 0.5) is 5.69 Å². The Bertz CT molecular complexity index is 910. The molecule has 0 saturated heterocycles. The fourth-order valence-electron chi connectivity index (χ4n) is 2.44. The third kappa shape index (κ3) is 3.97. The Morgan fingerprint density at radius 1 is 1.23 bits per heavy atom. The number of hydrogen-bond donors (Lipinski definition) is 3. The summed E-state index contributed by atoms with van der Waals surface area (Å²) >= 11 is 0. The lowest BCUT2D eigenvalue weighted by molar-refractivity contribution is -0.121. The standard InChI is InChI=1S/C18H20N6O2/c1-3-12-4-6-13(7-5-12)15-8-16(23-22-15)18(26)21-14-9-20-24(10-14)11-17(25)19-2/h4-10H,3,11H2,1-2H3,(H,19,25)(H,21,26)(H,22,23). The molecule has 26 heavy (non-hydrogen) atoms. The molecule has 0 unspecified atom stereocenters. The first-order chi connectivity index (χ1) is 12.6. The van der Waals surface area contributed by atoms with E-state index in [4.69, 9.17) is 0 Å². The lowest BCUT2D eigenvalue weighted by atomic mass is 10.1. The van der Waals surface area contributed by atoms with Crippen LogP contribution in [0.15, 0.2) is 42.7 Å². The highest BCUT2D eigenvalue weighted by Crippen LogP contribution is 2.19. The van der Waals surface area contributed by atoms with Crippen LogP contribution in [0.5, 0.6) is 0 Å². The molecule has 0 aliphatic carbocycles. The number of benzene rings is 1. The number of hydrogen-bond acceptors (Lipinski definition) is 4. The predicted molar refractivity (Wildman–Crippen MR) is 97.6 cm³/mol. The van der Waals surface area contributed by atoms with Crippen molar-refractivity contribution in [3.63, 3.8) is 0 Å². The number of carbonyl (C=O) groups is 2. The van der Waals surface area contributed by atoms with Crippen molar-refractivity contribution in [1.82, 2.24) is 25.3 Å². The number of nitrogens with one attached hydrogen (secondary N) is 3. The van der Waals surface area contributed by atoms with E-state index in [9.17, 15) is 9.59 Å². The van der Waals surface area contributed by atoms with Gasteiger partial charge in [-0.15, -0.1) is 0 Å². The van der Waals surface area contributed by atoms with Gasteiger partial charge in [-0.25, -0.2) is 0 Å². The molecule has 0 aliphatic heterocycles. The Hall–Kier alpha value is -3.42. The number of aromatic nitrogens is 4. The van der Waals surface area contributed by atoms with E-state index >= 15 is 0 Å². The Labute approximate surface area is 150 Å². The van der Waals surface area contributed by atoms with E-state index in [1.165, 1.54) is 16.4 Å². The summed E-state index contributed by atoms with van der Waals surface area (Å²) in [5, 5.41) is 16.2. The first-order valence-electron chi connectivity index (χ1n) is 8.28. The molecule has 0 spiro atoms. The molecule has 8 nitrogen and oxygen atoms in total. The van der Waals surface area contributed by atoms with Gasteiger partial charge in [0.05, 0.1) is 17.6 Å². The molecule has 8 heteroatoms. The molecule has 134 valence electrons. The largest absolute Gasteiger partial charge is 0.358 e. The minimum absolute atomic E-state index is 0.0916. The summed E-state index contributed by atoms with van der Waals surface area (Å²) in [6.07, 6.45) is 4.05. The highest BCUT2D eigenvalue weighted by Gasteiger charge is 2.12. The molecule has 3 aromatic rings. The van der Waals surface area contributed by atoms with Gasteiger partial charge < -0.3 is 10.6 Å². The zero-order valence-electron chi connectivity index (χ0n) is 14.6. The second-order valence-electron chi connectivity index (χ2n) is 5.77. The minimum atomic E-state index is -0.326. The summed E-state index contributed by atoms with van der Waals surface area (Å²) in [4.78, 5) is 23.7. The number of aromatic amines is 1. The average Bonchev–Trinajstić information content (AvgIpc) is 3.31. The molecule has 0 saturated carbocycles. The Kier molecular flexibility index (Phi) is 5.12. The maximum absolute atomic E-state index is 12.3. The van der Waals surface area contributed by atoms with Gasteiger partial charge in [-0.3, -0.25) is 19.4 Å². The number of likely N-dealkylation sites (N-methyl/N-ethyl adjacent to an activating group) is 1. The van der Waals surface area contributed by atoms with Gasteiger partial charge in [-0.2, -0.15) is 10.2 Å². The van der Waals surface area contributed by atoms with Crippen LogP contribution in [0, 0.1) is 0 Å². The van der Waals surface area contributed by atoms with Gasteiger partial charge in [0.15, 0.2) is 0 Å². The van der Waals surface area contributed by atoms with Gasteiger partial charge in [-0.1, -0.05) is 31.2 Å². The second kappa shape index (κ2) is 7.64. The zero-order chi connectivity index (χ0) is 18.5. The van der Waals surface area contributed by atoms with Crippen LogP contribution in [-0.4, -0.2) is 38.8 Å². The lowest BCUT2D eigenvalue weighted by Gasteiger charge is -2.00. The number of H-pyrrole nitrogens is 1. The molecule has 2 heterocycles. The van der Waals surface area contributed by atoms with E-state index in [2.05, 4.69) is 32.9 Å². The first kappa shape index (κ1) is 17.4. The fourth-order valence-corrected chi connectivity index (χ4v) is 2.44. The summed E-state index contributed by atoms with van der Waals surface area (Å²) in [5.41, 5.74) is 3.74. The highest BCUT2D eigenvalue weighted by molar-refractivity contribution is 6.03. The normalized spacial score (nSPS) is 10.5. The first-order valence-corrected chi connectivity index (χ1v) is 8.28. The summed E-state index contributed by atoms with van der Waals surface area (Å²) < 4.78 is 1.45. The van der Waals surface area contributed by atoms with Crippen LogP contribution in [0.25, 0.3) is 11.3 Å². The van der Waals surface area contributed by atoms with Crippen molar-refractivity contribution in [3.8, 4) is 11.3 Å². The van der Waals surface area contributed by atoms with Gasteiger partial charge in [-0.05, 0) is 18.1 Å². The van der Waals surface area contributed by atoms with Crippen molar-refractivity contribution in [2.75, 3.05) is 12.4 Å². The predicted octanol–water partition coefficient (Wildman–Crippen LogP) is 1.83. The van der Waals surface area contributed by atoms with Gasteiger partial charge in [0.2, 0.25) is 5.91 Å². The summed E-state index contributed by atoms with van der Waals surface area (Å²) in [5.74, 6) is -0.494. The maximum Gasteiger partial charge on any atom is 0.273 e. The van der Waals surface area contributed by atoms with E-state index in [1.54, 1.807) is 19.3 Å².